The molecule has 0 atom stereocenters. The normalized spacial score (nSPS) is 12.2. The Balaban J connectivity index is 1.84. The Labute approximate surface area is 246 Å². The van der Waals surface area contributed by atoms with Gasteiger partial charge in [0.1, 0.15) is 22.9 Å². The Morgan fingerprint density at radius 2 is 1.56 bits per heavy atom. The molecule has 17 heteroatoms. The zero-order valence-corrected chi connectivity index (χ0v) is 22.8. The van der Waals surface area contributed by atoms with Crippen LogP contribution >= 0.6 is 0 Å². The number of hydrogen-bond acceptors (Lipinski definition) is 6. The van der Waals surface area contributed by atoms with Crippen molar-refractivity contribution < 1.29 is 58.8 Å². The fraction of sp³-hybridized carbons (Fsp3) is 0.214. The Hall–Kier alpha value is -5.22. The number of nitrogens with one attached hydrogen (secondary N) is 2. The molecule has 4 rings (SSSR count). The van der Waals surface area contributed by atoms with Crippen LogP contribution in [-0.4, -0.2) is 55.5 Å². The number of carbonyl (C=O) groups is 2. The van der Waals surface area contributed by atoms with Crippen LogP contribution in [0, 0.1) is 15.9 Å². The highest BCUT2D eigenvalue weighted by Gasteiger charge is 2.72. The summed E-state index contributed by atoms with van der Waals surface area (Å²) in [5.41, 5.74) is -1.66. The summed E-state index contributed by atoms with van der Waals surface area (Å²) in [6, 6.07) is 10.1. The van der Waals surface area contributed by atoms with Gasteiger partial charge >= 0.3 is 18.0 Å². The van der Waals surface area contributed by atoms with Gasteiger partial charge in [0.15, 0.2) is 0 Å². The summed E-state index contributed by atoms with van der Waals surface area (Å²) in [6.07, 6.45) is -6.62. The van der Waals surface area contributed by atoms with Crippen molar-refractivity contribution in [3.63, 3.8) is 0 Å². The van der Waals surface area contributed by atoms with Gasteiger partial charge in [-0.15, -0.1) is 0 Å². The highest BCUT2D eigenvalue weighted by molar-refractivity contribution is 6.12. The van der Waals surface area contributed by atoms with E-state index in [4.69, 9.17) is 9.15 Å². The number of hydrogen-bond donors (Lipinski definition) is 2. The van der Waals surface area contributed by atoms with E-state index in [1.165, 1.54) is 30.6 Å². The standard InChI is InChI=1S/C28H19F8N3O6/c1-37-25(41)22-17-10-16(19(39(42)43)11-21(17)45-23(22)13-3-6-15(29)7-4-13)14-5-8-20(44-2)18(9-14)24(40)38-12-26(30,31)27(32,33)28(34,35)36/h3-11H,12H2,1-2H3,(H,37,41)(H,38,40). The molecule has 0 saturated heterocycles. The molecular weight excluding hydrogens is 626 g/mol. The minimum Gasteiger partial charge on any atom is -0.496 e. The number of halogens is 8. The highest BCUT2D eigenvalue weighted by Crippen LogP contribution is 2.46. The van der Waals surface area contributed by atoms with E-state index in [1.807, 2.05) is 0 Å². The van der Waals surface area contributed by atoms with Crippen LogP contribution in [-0.2, 0) is 0 Å². The van der Waals surface area contributed by atoms with Crippen molar-refractivity contribution in [3.05, 3.63) is 81.7 Å². The number of furan rings is 1. The molecule has 1 aromatic heterocycles. The molecule has 0 spiro atoms. The highest BCUT2D eigenvalue weighted by atomic mass is 19.4. The van der Waals surface area contributed by atoms with Gasteiger partial charge in [-0.05, 0) is 48.0 Å². The zero-order valence-electron chi connectivity index (χ0n) is 22.8. The summed E-state index contributed by atoms with van der Waals surface area (Å²) >= 11 is 0. The second-order valence-electron chi connectivity index (χ2n) is 9.39. The maximum Gasteiger partial charge on any atom is 0.459 e. The Bertz CT molecular complexity index is 1800. The molecular formula is C28H19F8N3O6. The quantitative estimate of drug-likeness (QED) is 0.118. The molecule has 0 unspecified atom stereocenters. The molecule has 0 fully saturated rings. The van der Waals surface area contributed by atoms with Gasteiger partial charge in [-0.25, -0.2) is 4.39 Å². The predicted octanol–water partition coefficient (Wildman–Crippen LogP) is 6.75. The molecule has 45 heavy (non-hydrogen) atoms. The van der Waals surface area contributed by atoms with E-state index in [-0.39, 0.29) is 44.7 Å². The minimum absolute atomic E-state index is 0.0325. The number of methoxy groups -OCH3 is 1. The van der Waals surface area contributed by atoms with Crippen LogP contribution in [0.1, 0.15) is 20.7 Å². The van der Waals surface area contributed by atoms with Crippen LogP contribution in [0.4, 0.5) is 40.8 Å². The molecule has 9 nitrogen and oxygen atoms in total. The van der Waals surface area contributed by atoms with Crippen molar-refractivity contribution in [2.75, 3.05) is 20.7 Å². The largest absolute Gasteiger partial charge is 0.496 e. The van der Waals surface area contributed by atoms with Crippen LogP contribution < -0.4 is 15.4 Å². The third kappa shape index (κ3) is 5.97. The monoisotopic (exact) mass is 645 g/mol. The van der Waals surface area contributed by atoms with Gasteiger partial charge in [0.2, 0.25) is 0 Å². The smallest absolute Gasteiger partial charge is 0.459 e. The van der Waals surface area contributed by atoms with Crippen molar-refractivity contribution in [2.45, 2.75) is 18.0 Å². The second kappa shape index (κ2) is 11.7. The topological polar surface area (TPSA) is 124 Å². The van der Waals surface area contributed by atoms with E-state index in [0.29, 0.717) is 0 Å². The molecule has 2 N–H and O–H groups in total. The van der Waals surface area contributed by atoms with Crippen molar-refractivity contribution in [2.24, 2.45) is 0 Å². The Morgan fingerprint density at radius 1 is 0.933 bits per heavy atom. The van der Waals surface area contributed by atoms with Crippen molar-refractivity contribution in [1.82, 2.24) is 10.6 Å². The number of nitro benzene ring substituents is 1. The van der Waals surface area contributed by atoms with Gasteiger partial charge in [0.05, 0.1) is 41.3 Å². The van der Waals surface area contributed by atoms with Gasteiger partial charge < -0.3 is 19.8 Å². The molecule has 238 valence electrons. The van der Waals surface area contributed by atoms with E-state index in [2.05, 4.69) is 5.32 Å². The lowest BCUT2D eigenvalue weighted by atomic mass is 9.97. The molecule has 3 aromatic carbocycles. The summed E-state index contributed by atoms with van der Waals surface area (Å²) in [6.45, 7) is -2.42. The van der Waals surface area contributed by atoms with Gasteiger partial charge in [0, 0.05) is 18.0 Å². The van der Waals surface area contributed by atoms with Crippen molar-refractivity contribution in [3.8, 4) is 28.2 Å². The number of fused-ring (bicyclic) bond motifs is 1. The van der Waals surface area contributed by atoms with Crippen LogP contribution in [0.3, 0.4) is 0 Å². The zero-order chi connectivity index (χ0) is 33.5. The molecule has 0 aliphatic heterocycles. The first-order valence-electron chi connectivity index (χ1n) is 12.5. The van der Waals surface area contributed by atoms with Gasteiger partial charge in [0.25, 0.3) is 17.5 Å². The van der Waals surface area contributed by atoms with Gasteiger partial charge in [-0.2, -0.15) is 30.7 Å². The summed E-state index contributed by atoms with van der Waals surface area (Å²) in [7, 11) is 2.33. The van der Waals surface area contributed by atoms with Crippen molar-refractivity contribution >= 4 is 28.5 Å². The maximum atomic E-state index is 13.8. The Morgan fingerprint density at radius 3 is 2.11 bits per heavy atom. The fourth-order valence-electron chi connectivity index (χ4n) is 4.33. The number of carbonyl (C=O) groups excluding carboxylic acids is 2. The summed E-state index contributed by atoms with van der Waals surface area (Å²) < 4.78 is 116. The van der Waals surface area contributed by atoms with Crippen molar-refractivity contribution in [1.29, 1.82) is 0 Å². The van der Waals surface area contributed by atoms with Crippen LogP contribution in [0.2, 0.25) is 0 Å². The molecule has 2 amide bonds. The van der Waals surface area contributed by atoms with Gasteiger partial charge in [-0.3, -0.25) is 19.7 Å². The first kappa shape index (κ1) is 32.7. The molecule has 0 aliphatic carbocycles. The van der Waals surface area contributed by atoms with Crippen LogP contribution in [0.5, 0.6) is 5.75 Å². The van der Waals surface area contributed by atoms with Crippen LogP contribution in [0.15, 0.2) is 59.0 Å². The summed E-state index contributed by atoms with van der Waals surface area (Å²) in [4.78, 5) is 36.9. The SMILES string of the molecule is CNC(=O)c1c(-c2ccc(F)cc2)oc2cc([N+](=O)[O-])c(-c3ccc(OC)c(C(=O)NCC(F)(F)C(F)(F)C(F)(F)F)c3)cc12. The average Bonchev–Trinajstić information content (AvgIpc) is 3.36. The summed E-state index contributed by atoms with van der Waals surface area (Å²) in [5.74, 6) is -15.5. The average molecular weight is 645 g/mol. The van der Waals surface area contributed by atoms with Crippen LogP contribution in [0.25, 0.3) is 33.4 Å². The van der Waals surface area contributed by atoms with E-state index < -0.39 is 58.4 Å². The lowest BCUT2D eigenvalue weighted by molar-refractivity contribution is -0.384. The molecule has 4 aromatic rings. The fourth-order valence-corrected chi connectivity index (χ4v) is 4.33. The lowest BCUT2D eigenvalue weighted by Crippen LogP contribution is -2.56. The first-order chi connectivity index (χ1) is 20.9. The number of amides is 2. The molecule has 0 radical (unpaired) electrons. The minimum atomic E-state index is -6.62. The maximum absolute atomic E-state index is 13.8. The third-order valence-electron chi connectivity index (χ3n) is 6.61. The third-order valence-corrected chi connectivity index (χ3v) is 6.61. The van der Waals surface area contributed by atoms with E-state index in [9.17, 15) is 54.8 Å². The predicted molar refractivity (Wildman–Crippen MR) is 142 cm³/mol. The number of nitro groups is 1. The van der Waals surface area contributed by atoms with E-state index in [1.54, 1.807) is 0 Å². The summed E-state index contributed by atoms with van der Waals surface area (Å²) in [5, 5.41) is 15.8. The van der Waals surface area contributed by atoms with Gasteiger partial charge in [-0.1, -0.05) is 6.07 Å². The Kier molecular flexibility index (Phi) is 8.50. The number of alkyl halides is 7. The molecule has 1 heterocycles. The number of nitrogens with zero attached hydrogens (tertiary/aromatic N) is 1. The number of ether oxygens (including phenoxy) is 1. The first-order valence-corrected chi connectivity index (χ1v) is 12.5. The molecule has 0 bridgehead atoms. The second-order valence-corrected chi connectivity index (χ2v) is 9.39. The number of benzene rings is 3. The molecule has 0 aliphatic rings. The van der Waals surface area contributed by atoms with E-state index >= 15 is 0 Å². The van der Waals surface area contributed by atoms with E-state index in [0.717, 1.165) is 43.5 Å². The molecule has 0 saturated carbocycles. The lowest BCUT2D eigenvalue weighted by Gasteiger charge is -2.28. The number of rotatable bonds is 9.